The van der Waals surface area contributed by atoms with E-state index in [2.05, 4.69) is 10.3 Å². The van der Waals surface area contributed by atoms with Crippen LogP contribution < -0.4 is 5.32 Å². The molecule has 1 saturated carbocycles. The maximum Gasteiger partial charge on any atom is 0.419 e. The van der Waals surface area contributed by atoms with Crippen LogP contribution >= 0.6 is 0 Å². The number of alkyl halides is 3. The summed E-state index contributed by atoms with van der Waals surface area (Å²) in [5.74, 6) is 0.134. The molecule has 1 aromatic carbocycles. The number of rotatable bonds is 4. The maximum atomic E-state index is 13.2. The van der Waals surface area contributed by atoms with Crippen molar-refractivity contribution in [1.29, 1.82) is 0 Å². The highest BCUT2D eigenvalue weighted by Gasteiger charge is 2.39. The van der Waals surface area contributed by atoms with E-state index in [1.54, 1.807) is 6.07 Å². The van der Waals surface area contributed by atoms with Gasteiger partial charge in [-0.3, -0.25) is 0 Å². The van der Waals surface area contributed by atoms with Gasteiger partial charge in [-0.25, -0.2) is 13.4 Å². The zero-order valence-electron chi connectivity index (χ0n) is 11.8. The van der Waals surface area contributed by atoms with E-state index in [9.17, 15) is 21.6 Å². The van der Waals surface area contributed by atoms with Crippen LogP contribution in [0.4, 0.5) is 19.0 Å². The third-order valence-corrected chi connectivity index (χ3v) is 5.12. The molecule has 1 N–H and O–H groups in total. The summed E-state index contributed by atoms with van der Waals surface area (Å²) < 4.78 is 64.7. The van der Waals surface area contributed by atoms with Crippen LogP contribution in [0.2, 0.25) is 0 Å². The smallest absolute Gasteiger partial charge is 0.367 e. The van der Waals surface area contributed by atoms with Gasteiger partial charge in [0.2, 0.25) is 9.84 Å². The molecule has 4 nitrogen and oxygen atoms in total. The second-order valence-corrected chi connectivity index (χ2v) is 7.15. The van der Waals surface area contributed by atoms with Crippen molar-refractivity contribution >= 4 is 15.7 Å². The van der Waals surface area contributed by atoms with Crippen LogP contribution in [0.5, 0.6) is 0 Å². The predicted molar refractivity (Wildman–Crippen MR) is 77.8 cm³/mol. The highest BCUT2D eigenvalue weighted by atomic mass is 32.2. The molecule has 0 aliphatic heterocycles. The van der Waals surface area contributed by atoms with Crippen LogP contribution in [0.1, 0.15) is 18.4 Å². The highest BCUT2D eigenvalue weighted by Crippen LogP contribution is 2.36. The molecule has 1 aliphatic carbocycles. The largest absolute Gasteiger partial charge is 0.419 e. The topological polar surface area (TPSA) is 59.1 Å². The number of hydrogen-bond donors (Lipinski definition) is 1. The van der Waals surface area contributed by atoms with Gasteiger partial charge in [-0.1, -0.05) is 18.2 Å². The number of anilines is 1. The first-order chi connectivity index (χ1) is 10.8. The van der Waals surface area contributed by atoms with Crippen LogP contribution in [0.25, 0.3) is 0 Å². The van der Waals surface area contributed by atoms with Gasteiger partial charge in [-0.05, 0) is 37.1 Å². The van der Waals surface area contributed by atoms with E-state index >= 15 is 0 Å². The average Bonchev–Trinajstić information content (AvgIpc) is 3.31. The standard InChI is InChI=1S/C15H13F3N2O2S/c16-15(17,18)12-8-9-13(19-10-6-7-10)20-14(12)23(21,22)11-4-2-1-3-5-11/h1-5,8-10H,6-7H2,(H,19,20). The van der Waals surface area contributed by atoms with Gasteiger partial charge in [0.05, 0.1) is 10.5 Å². The van der Waals surface area contributed by atoms with Gasteiger partial charge < -0.3 is 5.32 Å². The summed E-state index contributed by atoms with van der Waals surface area (Å²) in [7, 11) is -4.36. The molecule has 0 spiro atoms. The van der Waals surface area contributed by atoms with E-state index in [0.717, 1.165) is 25.0 Å². The van der Waals surface area contributed by atoms with Crippen molar-refractivity contribution in [2.75, 3.05) is 5.32 Å². The number of aromatic nitrogens is 1. The van der Waals surface area contributed by atoms with Gasteiger partial charge in [0.1, 0.15) is 5.82 Å². The molecule has 0 bridgehead atoms. The zero-order chi connectivity index (χ0) is 16.7. The molecule has 23 heavy (non-hydrogen) atoms. The molecule has 1 aromatic heterocycles. The molecule has 1 heterocycles. The molecule has 1 aliphatic rings. The third-order valence-electron chi connectivity index (χ3n) is 3.40. The lowest BCUT2D eigenvalue weighted by Gasteiger charge is -2.14. The molecule has 0 saturated heterocycles. The Morgan fingerprint density at radius 3 is 2.26 bits per heavy atom. The number of hydrogen-bond acceptors (Lipinski definition) is 4. The molecular formula is C15H13F3N2O2S. The summed E-state index contributed by atoms with van der Waals surface area (Å²) in [6.45, 7) is 0. The number of benzene rings is 1. The fraction of sp³-hybridized carbons (Fsp3) is 0.267. The zero-order valence-corrected chi connectivity index (χ0v) is 12.7. The molecule has 0 radical (unpaired) electrons. The Morgan fingerprint density at radius 1 is 1.04 bits per heavy atom. The van der Waals surface area contributed by atoms with Gasteiger partial charge in [0, 0.05) is 6.04 Å². The van der Waals surface area contributed by atoms with Crippen molar-refractivity contribution in [3.8, 4) is 0 Å². The Bertz CT molecular complexity index is 816. The van der Waals surface area contributed by atoms with Crippen molar-refractivity contribution in [3.05, 3.63) is 48.0 Å². The molecule has 0 unspecified atom stereocenters. The van der Waals surface area contributed by atoms with Crippen LogP contribution in [0, 0.1) is 0 Å². The van der Waals surface area contributed by atoms with Crippen LogP contribution in [0.15, 0.2) is 52.4 Å². The van der Waals surface area contributed by atoms with E-state index in [0.29, 0.717) is 0 Å². The second kappa shape index (κ2) is 5.52. The summed E-state index contributed by atoms with van der Waals surface area (Å²) in [4.78, 5) is 3.53. The monoisotopic (exact) mass is 342 g/mol. The average molecular weight is 342 g/mol. The number of sulfone groups is 1. The van der Waals surface area contributed by atoms with Crippen molar-refractivity contribution in [3.63, 3.8) is 0 Å². The van der Waals surface area contributed by atoms with Crippen molar-refractivity contribution in [1.82, 2.24) is 4.98 Å². The van der Waals surface area contributed by atoms with Crippen molar-refractivity contribution < 1.29 is 21.6 Å². The first kappa shape index (κ1) is 15.8. The molecule has 1 fully saturated rings. The first-order valence-electron chi connectivity index (χ1n) is 6.93. The minimum Gasteiger partial charge on any atom is -0.367 e. The molecule has 8 heteroatoms. The Morgan fingerprint density at radius 2 is 1.70 bits per heavy atom. The Hall–Kier alpha value is -2.09. The van der Waals surface area contributed by atoms with E-state index in [1.165, 1.54) is 24.3 Å². The van der Waals surface area contributed by atoms with E-state index < -0.39 is 26.6 Å². The fourth-order valence-electron chi connectivity index (χ4n) is 2.09. The lowest BCUT2D eigenvalue weighted by atomic mass is 10.3. The number of pyridine rings is 1. The van der Waals surface area contributed by atoms with E-state index in [1.807, 2.05) is 0 Å². The second-order valence-electron chi connectivity index (χ2n) is 5.28. The Labute approximate surface area is 131 Å². The predicted octanol–water partition coefficient (Wildman–Crippen LogP) is 3.51. The Kier molecular flexibility index (Phi) is 3.79. The summed E-state index contributed by atoms with van der Waals surface area (Å²) in [5.41, 5.74) is -1.26. The number of nitrogens with zero attached hydrogens (tertiary/aromatic N) is 1. The van der Waals surface area contributed by atoms with E-state index in [-0.39, 0.29) is 16.8 Å². The molecule has 0 amide bonds. The molecule has 0 atom stereocenters. The van der Waals surface area contributed by atoms with Gasteiger partial charge >= 0.3 is 6.18 Å². The normalized spacial score (nSPS) is 15.4. The van der Waals surface area contributed by atoms with Crippen molar-refractivity contribution in [2.45, 2.75) is 35.0 Å². The summed E-state index contributed by atoms with van der Waals surface area (Å²) >= 11 is 0. The van der Waals surface area contributed by atoms with Crippen LogP contribution in [-0.2, 0) is 16.0 Å². The number of nitrogens with one attached hydrogen (secondary N) is 1. The van der Waals surface area contributed by atoms with Gasteiger partial charge in [-0.2, -0.15) is 13.2 Å². The molecule has 3 rings (SSSR count). The first-order valence-corrected chi connectivity index (χ1v) is 8.42. The molecule has 122 valence electrons. The third kappa shape index (κ3) is 3.31. The van der Waals surface area contributed by atoms with E-state index in [4.69, 9.17) is 0 Å². The summed E-state index contributed by atoms with van der Waals surface area (Å²) in [6, 6.07) is 9.04. The Balaban J connectivity index is 2.14. The minimum atomic E-state index is -4.80. The summed E-state index contributed by atoms with van der Waals surface area (Å²) in [6.07, 6.45) is -3.02. The van der Waals surface area contributed by atoms with Gasteiger partial charge in [0.15, 0.2) is 5.03 Å². The maximum absolute atomic E-state index is 13.2. The van der Waals surface area contributed by atoms with Crippen LogP contribution in [-0.4, -0.2) is 19.4 Å². The van der Waals surface area contributed by atoms with Crippen LogP contribution in [0.3, 0.4) is 0 Å². The lowest BCUT2D eigenvalue weighted by Crippen LogP contribution is -2.17. The lowest BCUT2D eigenvalue weighted by molar-refractivity contribution is -0.140. The van der Waals surface area contributed by atoms with Crippen molar-refractivity contribution in [2.24, 2.45) is 0 Å². The number of halogens is 3. The molecule has 2 aromatic rings. The van der Waals surface area contributed by atoms with Gasteiger partial charge in [0.25, 0.3) is 0 Å². The highest BCUT2D eigenvalue weighted by molar-refractivity contribution is 7.91. The van der Waals surface area contributed by atoms with Gasteiger partial charge in [-0.15, -0.1) is 0 Å². The minimum absolute atomic E-state index is 0.134. The fourth-order valence-corrected chi connectivity index (χ4v) is 3.52. The molecular weight excluding hydrogens is 329 g/mol. The quantitative estimate of drug-likeness (QED) is 0.924. The summed E-state index contributed by atoms with van der Waals surface area (Å²) in [5, 5.41) is 1.95. The SMILES string of the molecule is O=S(=O)(c1ccccc1)c1nc(NC2CC2)ccc1C(F)(F)F.